The van der Waals surface area contributed by atoms with Gasteiger partial charge in [-0.1, -0.05) is 18.3 Å². The second-order valence-electron chi connectivity index (χ2n) is 7.95. The van der Waals surface area contributed by atoms with Crippen molar-refractivity contribution in [2.45, 2.75) is 19.9 Å². The average molecular weight is 506 g/mol. The highest BCUT2D eigenvalue weighted by atomic mass is 32.1. The van der Waals surface area contributed by atoms with Gasteiger partial charge in [-0.15, -0.1) is 11.3 Å². The van der Waals surface area contributed by atoms with E-state index in [0.717, 1.165) is 32.2 Å². The predicted molar refractivity (Wildman–Crippen MR) is 131 cm³/mol. The standard InChI is InChI=1S/C23H25F2N5O2S2/c1-3-32-23(31)18-17(12-29-7-9-30(13-33)10-8-29)27-21(22-26-6-11-34-22)28-20(18)15-4-5-16(24)19(25)14(15)2/h4-6,11,13,20H,3,7-10,12H2,1-2H3,(H,27,28). The molecule has 1 aromatic carbocycles. The lowest BCUT2D eigenvalue weighted by Gasteiger charge is -2.35. The number of ether oxygens (including phenoxy) is 1. The van der Waals surface area contributed by atoms with Crippen LogP contribution < -0.4 is 5.32 Å². The van der Waals surface area contributed by atoms with Crippen molar-refractivity contribution >= 4 is 40.9 Å². The number of nitrogens with one attached hydrogen (secondary N) is 1. The van der Waals surface area contributed by atoms with Crippen molar-refractivity contribution in [3.8, 4) is 0 Å². The molecular weight excluding hydrogens is 480 g/mol. The zero-order chi connectivity index (χ0) is 24.2. The van der Waals surface area contributed by atoms with E-state index in [4.69, 9.17) is 21.9 Å². The molecule has 0 bridgehead atoms. The van der Waals surface area contributed by atoms with E-state index in [1.165, 1.54) is 24.3 Å². The van der Waals surface area contributed by atoms with Gasteiger partial charge in [-0.25, -0.2) is 18.6 Å². The highest BCUT2D eigenvalue weighted by Gasteiger charge is 2.35. The van der Waals surface area contributed by atoms with E-state index < -0.39 is 23.6 Å². The molecule has 180 valence electrons. The van der Waals surface area contributed by atoms with E-state index in [0.29, 0.717) is 28.6 Å². The molecule has 4 rings (SSSR count). The Morgan fingerprint density at radius 2 is 2.09 bits per heavy atom. The molecule has 1 unspecified atom stereocenters. The summed E-state index contributed by atoms with van der Waals surface area (Å²) < 4.78 is 33.8. The number of hydrogen-bond acceptors (Lipinski definition) is 8. The van der Waals surface area contributed by atoms with Gasteiger partial charge in [0.25, 0.3) is 0 Å². The summed E-state index contributed by atoms with van der Waals surface area (Å²) in [5, 5.41) is 5.75. The minimum atomic E-state index is -0.955. The monoisotopic (exact) mass is 505 g/mol. The van der Waals surface area contributed by atoms with Crippen LogP contribution in [0.15, 0.2) is 40.0 Å². The summed E-state index contributed by atoms with van der Waals surface area (Å²) in [6.45, 7) is 6.90. The summed E-state index contributed by atoms with van der Waals surface area (Å²) >= 11 is 6.43. The molecule has 0 spiro atoms. The maximum atomic E-state index is 14.5. The molecule has 0 radical (unpaired) electrons. The minimum absolute atomic E-state index is 0.102. The van der Waals surface area contributed by atoms with E-state index in [1.54, 1.807) is 18.6 Å². The van der Waals surface area contributed by atoms with Gasteiger partial charge in [-0.05, 0) is 31.0 Å². The summed E-state index contributed by atoms with van der Waals surface area (Å²) in [5.74, 6) is -1.97. The van der Waals surface area contributed by atoms with Crippen molar-refractivity contribution in [1.29, 1.82) is 0 Å². The number of thiocarbonyl (C=S) groups is 1. The minimum Gasteiger partial charge on any atom is -0.463 e. The van der Waals surface area contributed by atoms with Crippen LogP contribution >= 0.6 is 23.6 Å². The van der Waals surface area contributed by atoms with Crippen LogP contribution in [-0.4, -0.2) is 71.4 Å². The first-order valence-corrected chi connectivity index (χ1v) is 12.3. The number of aliphatic imine (C=N–C) groups is 1. The van der Waals surface area contributed by atoms with Gasteiger partial charge in [0, 0.05) is 50.0 Å². The number of aromatic nitrogens is 1. The van der Waals surface area contributed by atoms with Crippen LogP contribution in [0.4, 0.5) is 8.78 Å². The summed E-state index contributed by atoms with van der Waals surface area (Å²) in [6, 6.07) is 1.67. The van der Waals surface area contributed by atoms with Crippen LogP contribution in [0.2, 0.25) is 0 Å². The van der Waals surface area contributed by atoms with E-state index in [-0.39, 0.29) is 17.7 Å². The molecule has 34 heavy (non-hydrogen) atoms. The van der Waals surface area contributed by atoms with Gasteiger partial charge < -0.3 is 15.0 Å². The van der Waals surface area contributed by atoms with Gasteiger partial charge in [0.1, 0.15) is 6.04 Å². The first kappa shape index (κ1) is 24.4. The molecule has 7 nitrogen and oxygen atoms in total. The van der Waals surface area contributed by atoms with Gasteiger partial charge in [-0.2, -0.15) is 0 Å². The second-order valence-corrected chi connectivity index (χ2v) is 9.05. The van der Waals surface area contributed by atoms with Crippen LogP contribution in [0.1, 0.15) is 29.1 Å². The van der Waals surface area contributed by atoms with Gasteiger partial charge >= 0.3 is 5.97 Å². The molecule has 2 aliphatic rings. The number of thiazole rings is 1. The Labute approximate surface area is 206 Å². The summed E-state index contributed by atoms with van der Waals surface area (Å²) in [6.07, 6.45) is 1.66. The maximum Gasteiger partial charge on any atom is 0.338 e. The van der Waals surface area contributed by atoms with Crippen LogP contribution in [0.25, 0.3) is 0 Å². The van der Waals surface area contributed by atoms with E-state index in [2.05, 4.69) is 20.1 Å². The number of halogens is 2. The third-order valence-electron chi connectivity index (χ3n) is 5.87. The van der Waals surface area contributed by atoms with Crippen molar-refractivity contribution in [1.82, 2.24) is 20.1 Å². The Hall–Kier alpha value is -2.76. The highest BCUT2D eigenvalue weighted by Crippen LogP contribution is 2.36. The molecule has 0 saturated carbocycles. The predicted octanol–water partition coefficient (Wildman–Crippen LogP) is 3.21. The first-order chi connectivity index (χ1) is 16.4. The highest BCUT2D eigenvalue weighted by molar-refractivity contribution is 7.78. The molecule has 11 heteroatoms. The number of carbonyl (C=O) groups excluding carboxylic acids is 1. The zero-order valence-corrected chi connectivity index (χ0v) is 20.5. The zero-order valence-electron chi connectivity index (χ0n) is 18.9. The fourth-order valence-electron chi connectivity index (χ4n) is 4.06. The number of esters is 1. The fraction of sp³-hybridized carbons (Fsp3) is 0.391. The Kier molecular flexibility index (Phi) is 7.64. The average Bonchev–Trinajstić information content (AvgIpc) is 3.38. The van der Waals surface area contributed by atoms with E-state index >= 15 is 0 Å². The molecule has 1 saturated heterocycles. The number of nitrogens with zero attached hydrogens (tertiary/aromatic N) is 4. The topological polar surface area (TPSA) is 70.1 Å². The molecule has 1 fully saturated rings. The van der Waals surface area contributed by atoms with Crippen molar-refractivity contribution in [3.63, 3.8) is 0 Å². The van der Waals surface area contributed by atoms with Gasteiger partial charge in [0.15, 0.2) is 22.5 Å². The molecule has 3 heterocycles. The lowest BCUT2D eigenvalue weighted by Crippen LogP contribution is -2.48. The molecule has 2 aromatic rings. The SMILES string of the molecule is CCOC(=O)C1=C(CN2CCN(C=S)CC2)NC(c2nccs2)=NC1c1ccc(F)c(F)c1C. The number of benzene rings is 1. The molecular formula is C23H25F2N5O2S2. The number of hydrogen-bond donors (Lipinski definition) is 1. The third kappa shape index (κ3) is 5.01. The van der Waals surface area contributed by atoms with Gasteiger partial charge in [0.05, 0.1) is 17.7 Å². The van der Waals surface area contributed by atoms with Crippen LogP contribution in [0.5, 0.6) is 0 Å². The van der Waals surface area contributed by atoms with E-state index in [9.17, 15) is 13.6 Å². The number of carbonyl (C=O) groups is 1. The van der Waals surface area contributed by atoms with Gasteiger partial charge in [-0.3, -0.25) is 9.89 Å². The molecule has 1 aromatic heterocycles. The van der Waals surface area contributed by atoms with Gasteiger partial charge in [0.2, 0.25) is 0 Å². The number of piperazine rings is 1. The van der Waals surface area contributed by atoms with Crippen LogP contribution in [0, 0.1) is 18.6 Å². The molecule has 0 amide bonds. The fourth-order valence-corrected chi connectivity index (χ4v) is 4.86. The largest absolute Gasteiger partial charge is 0.463 e. The van der Waals surface area contributed by atoms with Crippen molar-refractivity contribution in [2.24, 2.45) is 4.99 Å². The smallest absolute Gasteiger partial charge is 0.338 e. The Morgan fingerprint density at radius 3 is 2.74 bits per heavy atom. The summed E-state index contributed by atoms with van der Waals surface area (Å²) in [7, 11) is 0. The quantitative estimate of drug-likeness (QED) is 0.458. The molecule has 0 aliphatic carbocycles. The Bertz CT molecular complexity index is 1130. The lowest BCUT2D eigenvalue weighted by molar-refractivity contribution is -0.139. The normalized spacial score (nSPS) is 19.0. The first-order valence-electron chi connectivity index (χ1n) is 10.9. The Balaban J connectivity index is 1.80. The van der Waals surface area contributed by atoms with Crippen molar-refractivity contribution < 1.29 is 18.3 Å². The Morgan fingerprint density at radius 1 is 1.32 bits per heavy atom. The van der Waals surface area contributed by atoms with Crippen LogP contribution in [-0.2, 0) is 9.53 Å². The number of rotatable bonds is 7. The van der Waals surface area contributed by atoms with Crippen molar-refractivity contribution in [2.75, 3.05) is 39.3 Å². The second kappa shape index (κ2) is 10.7. The third-order valence-corrected chi connectivity index (χ3v) is 6.95. The molecule has 2 aliphatic heterocycles. The van der Waals surface area contributed by atoms with Crippen LogP contribution in [0.3, 0.4) is 0 Å². The number of amidine groups is 1. The molecule has 1 N–H and O–H groups in total. The maximum absolute atomic E-state index is 14.5. The lowest BCUT2D eigenvalue weighted by atomic mass is 9.92. The molecule has 1 atom stereocenters. The van der Waals surface area contributed by atoms with E-state index in [1.807, 2.05) is 5.38 Å². The van der Waals surface area contributed by atoms with Crippen molar-refractivity contribution in [3.05, 3.63) is 62.7 Å². The summed E-state index contributed by atoms with van der Waals surface area (Å²) in [5.41, 5.74) is 3.07. The summed E-state index contributed by atoms with van der Waals surface area (Å²) in [4.78, 5) is 26.5.